The van der Waals surface area contributed by atoms with Gasteiger partial charge in [0.1, 0.15) is 0 Å². The molecule has 0 aliphatic heterocycles. The van der Waals surface area contributed by atoms with Crippen LogP contribution in [-0.4, -0.2) is 18.2 Å². The van der Waals surface area contributed by atoms with Gasteiger partial charge in [0.2, 0.25) is 5.91 Å². The SMILES string of the molecule is CC(C)C(=O)NCCS. The van der Waals surface area contributed by atoms with Gasteiger partial charge in [0.25, 0.3) is 0 Å². The Bertz CT molecular complexity index is 93.1. The summed E-state index contributed by atoms with van der Waals surface area (Å²) in [6, 6.07) is 0. The second-order valence-corrected chi connectivity index (χ2v) is 2.62. The predicted molar refractivity (Wildman–Crippen MR) is 41.7 cm³/mol. The van der Waals surface area contributed by atoms with Crippen LogP contribution in [0.5, 0.6) is 0 Å². The summed E-state index contributed by atoms with van der Waals surface area (Å²) in [6.07, 6.45) is 0. The average Bonchev–Trinajstić information content (AvgIpc) is 1.82. The van der Waals surface area contributed by atoms with Crippen molar-refractivity contribution in [2.75, 3.05) is 12.3 Å². The lowest BCUT2D eigenvalue weighted by Gasteiger charge is -2.04. The number of hydrogen-bond acceptors (Lipinski definition) is 2. The van der Waals surface area contributed by atoms with Crippen molar-refractivity contribution in [1.82, 2.24) is 5.32 Å². The maximum absolute atomic E-state index is 10.8. The molecule has 0 saturated heterocycles. The molecule has 0 saturated carbocycles. The number of rotatable bonds is 3. The van der Waals surface area contributed by atoms with Crippen molar-refractivity contribution in [3.05, 3.63) is 0 Å². The summed E-state index contributed by atoms with van der Waals surface area (Å²) in [5, 5.41) is 2.72. The second kappa shape index (κ2) is 4.68. The molecule has 2 nitrogen and oxygen atoms in total. The highest BCUT2D eigenvalue weighted by Crippen LogP contribution is 1.89. The summed E-state index contributed by atoms with van der Waals surface area (Å²) >= 11 is 3.95. The van der Waals surface area contributed by atoms with Gasteiger partial charge in [-0.1, -0.05) is 13.8 Å². The molecule has 0 aromatic carbocycles. The Labute approximate surface area is 61.4 Å². The number of carbonyl (C=O) groups excluding carboxylic acids is 1. The Hall–Kier alpha value is -0.180. The minimum absolute atomic E-state index is 0.0879. The molecule has 9 heavy (non-hydrogen) atoms. The lowest BCUT2D eigenvalue weighted by Crippen LogP contribution is -2.29. The molecule has 3 heteroatoms. The van der Waals surface area contributed by atoms with Gasteiger partial charge in [0.05, 0.1) is 0 Å². The zero-order chi connectivity index (χ0) is 7.28. The van der Waals surface area contributed by atoms with Gasteiger partial charge in [-0.25, -0.2) is 0 Å². The Balaban J connectivity index is 3.28. The Morgan fingerprint density at radius 2 is 2.22 bits per heavy atom. The van der Waals surface area contributed by atoms with Crippen molar-refractivity contribution in [1.29, 1.82) is 0 Å². The fourth-order valence-electron chi connectivity index (χ4n) is 0.383. The maximum atomic E-state index is 10.8. The summed E-state index contributed by atoms with van der Waals surface area (Å²) in [5.74, 6) is 0.896. The van der Waals surface area contributed by atoms with Crippen molar-refractivity contribution in [2.45, 2.75) is 13.8 Å². The molecule has 1 N–H and O–H groups in total. The molecule has 0 aromatic rings. The molecule has 0 aliphatic rings. The molecule has 0 heterocycles. The Kier molecular flexibility index (Phi) is 4.58. The third-order valence-electron chi connectivity index (χ3n) is 0.935. The van der Waals surface area contributed by atoms with Crippen LogP contribution in [0.1, 0.15) is 13.8 Å². The highest BCUT2D eigenvalue weighted by molar-refractivity contribution is 7.80. The van der Waals surface area contributed by atoms with E-state index in [9.17, 15) is 4.79 Å². The first-order valence-electron chi connectivity index (χ1n) is 3.07. The van der Waals surface area contributed by atoms with E-state index in [1.807, 2.05) is 13.8 Å². The van der Waals surface area contributed by atoms with Gasteiger partial charge in [0.15, 0.2) is 0 Å². The van der Waals surface area contributed by atoms with Crippen LogP contribution in [0.2, 0.25) is 0 Å². The second-order valence-electron chi connectivity index (χ2n) is 2.17. The minimum atomic E-state index is 0.0879. The first-order valence-corrected chi connectivity index (χ1v) is 3.70. The molecule has 0 rings (SSSR count). The fraction of sp³-hybridized carbons (Fsp3) is 0.833. The van der Waals surface area contributed by atoms with Crippen LogP contribution in [0.3, 0.4) is 0 Å². The lowest BCUT2D eigenvalue weighted by atomic mass is 10.2. The normalized spacial score (nSPS) is 9.78. The van der Waals surface area contributed by atoms with Crippen molar-refractivity contribution in [2.24, 2.45) is 5.92 Å². The van der Waals surface area contributed by atoms with Crippen LogP contribution in [0.15, 0.2) is 0 Å². The van der Waals surface area contributed by atoms with Crippen LogP contribution < -0.4 is 5.32 Å². The van der Waals surface area contributed by atoms with Gasteiger partial charge in [-0.15, -0.1) is 0 Å². The Morgan fingerprint density at radius 1 is 1.67 bits per heavy atom. The summed E-state index contributed by atoms with van der Waals surface area (Å²) < 4.78 is 0. The van der Waals surface area contributed by atoms with Gasteiger partial charge in [-0.05, 0) is 0 Å². The highest BCUT2D eigenvalue weighted by Gasteiger charge is 2.03. The molecule has 0 atom stereocenters. The van der Waals surface area contributed by atoms with E-state index < -0.39 is 0 Å². The van der Waals surface area contributed by atoms with Crippen molar-refractivity contribution < 1.29 is 4.79 Å². The van der Waals surface area contributed by atoms with E-state index in [1.54, 1.807) is 0 Å². The zero-order valence-electron chi connectivity index (χ0n) is 5.85. The predicted octanol–water partition coefficient (Wildman–Crippen LogP) is 0.688. The molecule has 1 amide bonds. The number of nitrogens with one attached hydrogen (secondary N) is 1. The molecule has 0 aromatic heterocycles. The van der Waals surface area contributed by atoms with Crippen molar-refractivity contribution in [3.8, 4) is 0 Å². The molecule has 0 unspecified atom stereocenters. The van der Waals surface area contributed by atoms with Gasteiger partial charge in [-0.3, -0.25) is 4.79 Å². The molecule has 54 valence electrons. The molecule has 0 radical (unpaired) electrons. The number of hydrogen-bond donors (Lipinski definition) is 2. The van der Waals surface area contributed by atoms with Gasteiger partial charge < -0.3 is 5.32 Å². The first kappa shape index (κ1) is 8.82. The number of carbonyl (C=O) groups is 1. The fourth-order valence-corrected chi connectivity index (χ4v) is 0.495. The average molecular weight is 147 g/mol. The van der Waals surface area contributed by atoms with Crippen LogP contribution in [0.4, 0.5) is 0 Å². The molecular weight excluding hydrogens is 134 g/mol. The third-order valence-corrected chi connectivity index (χ3v) is 1.16. The van der Waals surface area contributed by atoms with Crippen LogP contribution in [-0.2, 0) is 4.79 Å². The van der Waals surface area contributed by atoms with E-state index in [4.69, 9.17) is 0 Å². The lowest BCUT2D eigenvalue weighted by molar-refractivity contribution is -0.123. The zero-order valence-corrected chi connectivity index (χ0v) is 6.74. The topological polar surface area (TPSA) is 29.1 Å². The summed E-state index contributed by atoms with van der Waals surface area (Å²) in [4.78, 5) is 10.8. The first-order chi connectivity index (χ1) is 4.18. The standard InChI is InChI=1S/C6H13NOS/c1-5(2)6(8)7-3-4-9/h5,9H,3-4H2,1-2H3,(H,7,8). The van der Waals surface area contributed by atoms with E-state index >= 15 is 0 Å². The largest absolute Gasteiger partial charge is 0.355 e. The Morgan fingerprint density at radius 3 is 2.56 bits per heavy atom. The monoisotopic (exact) mass is 147 g/mol. The van der Waals surface area contributed by atoms with E-state index in [0.717, 1.165) is 0 Å². The molecule has 0 bridgehead atoms. The van der Waals surface area contributed by atoms with E-state index in [2.05, 4.69) is 17.9 Å². The van der Waals surface area contributed by atoms with E-state index in [0.29, 0.717) is 12.3 Å². The van der Waals surface area contributed by atoms with Crippen LogP contribution >= 0.6 is 12.6 Å². The highest BCUT2D eigenvalue weighted by atomic mass is 32.1. The summed E-state index contributed by atoms with van der Waals surface area (Å²) in [7, 11) is 0. The molecular formula is C6H13NOS. The van der Waals surface area contributed by atoms with Gasteiger partial charge >= 0.3 is 0 Å². The quantitative estimate of drug-likeness (QED) is 0.565. The van der Waals surface area contributed by atoms with Crippen molar-refractivity contribution in [3.63, 3.8) is 0 Å². The number of thiol groups is 1. The van der Waals surface area contributed by atoms with E-state index in [1.165, 1.54) is 0 Å². The van der Waals surface area contributed by atoms with Crippen LogP contribution in [0.25, 0.3) is 0 Å². The van der Waals surface area contributed by atoms with E-state index in [-0.39, 0.29) is 11.8 Å². The summed E-state index contributed by atoms with van der Waals surface area (Å²) in [5.41, 5.74) is 0. The van der Waals surface area contributed by atoms with Gasteiger partial charge in [-0.2, -0.15) is 12.6 Å². The minimum Gasteiger partial charge on any atom is -0.355 e. The number of amides is 1. The third kappa shape index (κ3) is 4.33. The molecule has 0 fully saturated rings. The summed E-state index contributed by atoms with van der Waals surface area (Å²) in [6.45, 7) is 4.40. The van der Waals surface area contributed by atoms with Crippen molar-refractivity contribution >= 4 is 18.5 Å². The smallest absolute Gasteiger partial charge is 0.222 e. The molecule has 0 aliphatic carbocycles. The maximum Gasteiger partial charge on any atom is 0.222 e. The van der Waals surface area contributed by atoms with Gasteiger partial charge in [0, 0.05) is 18.2 Å². The van der Waals surface area contributed by atoms with Crippen LogP contribution in [0, 0.1) is 5.92 Å². The molecule has 0 spiro atoms.